The van der Waals surface area contributed by atoms with Gasteiger partial charge in [-0.15, -0.1) is 0 Å². The lowest BCUT2D eigenvalue weighted by molar-refractivity contribution is -0.123. The number of carbonyl (C=O) groups is 1. The van der Waals surface area contributed by atoms with Gasteiger partial charge in [0.15, 0.2) is 6.61 Å². The summed E-state index contributed by atoms with van der Waals surface area (Å²) >= 11 is 0. The van der Waals surface area contributed by atoms with Crippen molar-refractivity contribution in [2.24, 2.45) is 0 Å². The van der Waals surface area contributed by atoms with E-state index in [4.69, 9.17) is 15.7 Å². The van der Waals surface area contributed by atoms with Gasteiger partial charge in [0.25, 0.3) is 5.91 Å². The molecule has 0 aliphatic rings. The summed E-state index contributed by atoms with van der Waals surface area (Å²) in [5.74, 6) is 0.177. The van der Waals surface area contributed by atoms with E-state index in [1.165, 1.54) is 6.07 Å². The minimum absolute atomic E-state index is 0.105. The second-order valence-electron chi connectivity index (χ2n) is 4.41. The van der Waals surface area contributed by atoms with Crippen LogP contribution in [-0.4, -0.2) is 18.6 Å². The molecular formula is C14H19N3O2. The molecule has 0 aromatic heterocycles. The van der Waals surface area contributed by atoms with Gasteiger partial charge in [0.2, 0.25) is 0 Å². The van der Waals surface area contributed by atoms with Crippen LogP contribution in [0.15, 0.2) is 18.2 Å². The fraction of sp³-hybridized carbons (Fsp3) is 0.429. The predicted molar refractivity (Wildman–Crippen MR) is 73.6 cm³/mol. The van der Waals surface area contributed by atoms with Gasteiger partial charge in [-0.3, -0.25) is 4.79 Å². The Hall–Kier alpha value is -2.22. The Labute approximate surface area is 113 Å². The van der Waals surface area contributed by atoms with Crippen LogP contribution in [0.1, 0.15) is 32.3 Å². The first kappa shape index (κ1) is 14.8. The van der Waals surface area contributed by atoms with Crippen LogP contribution >= 0.6 is 0 Å². The number of benzene rings is 1. The Morgan fingerprint density at radius 1 is 1.58 bits per heavy atom. The van der Waals surface area contributed by atoms with Gasteiger partial charge >= 0.3 is 0 Å². The molecular weight excluding hydrogens is 242 g/mol. The number of hydrogen-bond donors (Lipinski definition) is 2. The number of anilines is 1. The molecule has 0 bridgehead atoms. The second-order valence-corrected chi connectivity index (χ2v) is 4.41. The molecule has 1 rings (SSSR count). The molecule has 0 radical (unpaired) electrons. The van der Waals surface area contributed by atoms with Crippen LogP contribution in [0, 0.1) is 11.3 Å². The molecule has 0 fully saturated rings. The van der Waals surface area contributed by atoms with Crippen LogP contribution in [0.25, 0.3) is 0 Å². The van der Waals surface area contributed by atoms with Crippen molar-refractivity contribution >= 4 is 11.6 Å². The zero-order chi connectivity index (χ0) is 14.3. The van der Waals surface area contributed by atoms with Gasteiger partial charge in [0.05, 0.1) is 5.56 Å². The first-order valence-electron chi connectivity index (χ1n) is 6.28. The van der Waals surface area contributed by atoms with Crippen molar-refractivity contribution < 1.29 is 9.53 Å². The quantitative estimate of drug-likeness (QED) is 0.764. The number of hydrogen-bond acceptors (Lipinski definition) is 4. The highest BCUT2D eigenvalue weighted by Gasteiger charge is 2.09. The average molecular weight is 261 g/mol. The van der Waals surface area contributed by atoms with Crippen molar-refractivity contribution in [3.63, 3.8) is 0 Å². The van der Waals surface area contributed by atoms with Crippen LogP contribution in [0.4, 0.5) is 5.69 Å². The van der Waals surface area contributed by atoms with Gasteiger partial charge in [0, 0.05) is 11.7 Å². The summed E-state index contributed by atoms with van der Waals surface area (Å²) < 4.78 is 5.33. The summed E-state index contributed by atoms with van der Waals surface area (Å²) in [4.78, 5) is 11.6. The molecule has 5 nitrogen and oxygen atoms in total. The summed E-state index contributed by atoms with van der Waals surface area (Å²) in [6.45, 7) is 3.91. The van der Waals surface area contributed by atoms with Crippen LogP contribution in [0.3, 0.4) is 0 Å². The SMILES string of the molecule is CCCC(C)NC(=O)COc1ccc(N)cc1C#N. The van der Waals surface area contributed by atoms with Crippen molar-refractivity contribution in [3.05, 3.63) is 23.8 Å². The van der Waals surface area contributed by atoms with Crippen LogP contribution in [0.2, 0.25) is 0 Å². The van der Waals surface area contributed by atoms with E-state index in [0.29, 0.717) is 17.0 Å². The van der Waals surface area contributed by atoms with E-state index >= 15 is 0 Å². The predicted octanol–water partition coefficient (Wildman–Crippen LogP) is 1.82. The van der Waals surface area contributed by atoms with E-state index in [1.54, 1.807) is 12.1 Å². The molecule has 0 saturated heterocycles. The molecule has 1 aromatic rings. The number of amides is 1. The Bertz CT molecular complexity index is 480. The van der Waals surface area contributed by atoms with Gasteiger partial charge in [-0.2, -0.15) is 5.26 Å². The first-order chi connectivity index (χ1) is 9.06. The number of nitriles is 1. The monoisotopic (exact) mass is 261 g/mol. The Morgan fingerprint density at radius 3 is 2.95 bits per heavy atom. The number of nitrogens with zero attached hydrogens (tertiary/aromatic N) is 1. The van der Waals surface area contributed by atoms with E-state index in [1.807, 2.05) is 13.0 Å². The molecule has 0 spiro atoms. The molecule has 102 valence electrons. The molecule has 0 aliphatic carbocycles. The molecule has 1 amide bonds. The number of nitrogens with two attached hydrogens (primary N) is 1. The molecule has 0 aliphatic heterocycles. The number of rotatable bonds is 6. The summed E-state index contributed by atoms with van der Waals surface area (Å²) in [6.07, 6.45) is 1.94. The highest BCUT2D eigenvalue weighted by Crippen LogP contribution is 2.20. The molecule has 5 heteroatoms. The van der Waals surface area contributed by atoms with Crippen LogP contribution < -0.4 is 15.8 Å². The van der Waals surface area contributed by atoms with E-state index in [-0.39, 0.29) is 18.6 Å². The zero-order valence-electron chi connectivity index (χ0n) is 11.3. The lowest BCUT2D eigenvalue weighted by atomic mass is 10.2. The maximum Gasteiger partial charge on any atom is 0.258 e. The lowest BCUT2D eigenvalue weighted by Gasteiger charge is -2.13. The number of ether oxygens (including phenoxy) is 1. The third-order valence-corrected chi connectivity index (χ3v) is 2.61. The van der Waals surface area contributed by atoms with Gasteiger partial charge in [-0.25, -0.2) is 0 Å². The minimum Gasteiger partial charge on any atom is -0.482 e. The van der Waals surface area contributed by atoms with E-state index < -0.39 is 0 Å². The summed E-state index contributed by atoms with van der Waals surface area (Å²) in [6, 6.07) is 6.86. The third-order valence-electron chi connectivity index (χ3n) is 2.61. The fourth-order valence-corrected chi connectivity index (χ4v) is 1.73. The van der Waals surface area contributed by atoms with E-state index in [2.05, 4.69) is 12.2 Å². The Kier molecular flexibility index (Phi) is 5.68. The van der Waals surface area contributed by atoms with Crippen molar-refractivity contribution in [2.45, 2.75) is 32.7 Å². The van der Waals surface area contributed by atoms with Crippen molar-refractivity contribution in [1.82, 2.24) is 5.32 Å². The molecule has 1 aromatic carbocycles. The van der Waals surface area contributed by atoms with E-state index in [9.17, 15) is 4.79 Å². The number of nitrogens with one attached hydrogen (secondary N) is 1. The fourth-order valence-electron chi connectivity index (χ4n) is 1.73. The molecule has 3 N–H and O–H groups in total. The van der Waals surface area contributed by atoms with Crippen LogP contribution in [-0.2, 0) is 4.79 Å². The molecule has 0 heterocycles. The Balaban J connectivity index is 2.53. The summed E-state index contributed by atoms with van der Waals surface area (Å²) in [5.41, 5.74) is 6.39. The lowest BCUT2D eigenvalue weighted by Crippen LogP contribution is -2.36. The maximum atomic E-state index is 11.6. The van der Waals surface area contributed by atoms with Gasteiger partial charge in [0.1, 0.15) is 11.8 Å². The van der Waals surface area contributed by atoms with Crippen molar-refractivity contribution in [1.29, 1.82) is 5.26 Å². The largest absolute Gasteiger partial charge is 0.482 e. The van der Waals surface area contributed by atoms with Crippen molar-refractivity contribution in [2.75, 3.05) is 12.3 Å². The number of nitrogen functional groups attached to an aromatic ring is 1. The van der Waals surface area contributed by atoms with Gasteiger partial charge in [-0.1, -0.05) is 13.3 Å². The standard InChI is InChI=1S/C14H19N3O2/c1-3-4-10(2)17-14(18)9-19-13-6-5-12(16)7-11(13)8-15/h5-7,10H,3-4,9,16H2,1-2H3,(H,17,18). The zero-order valence-corrected chi connectivity index (χ0v) is 11.3. The van der Waals surface area contributed by atoms with Crippen LogP contribution in [0.5, 0.6) is 5.75 Å². The smallest absolute Gasteiger partial charge is 0.258 e. The average Bonchev–Trinajstić information content (AvgIpc) is 2.37. The molecule has 19 heavy (non-hydrogen) atoms. The summed E-state index contributed by atoms with van der Waals surface area (Å²) in [5, 5.41) is 11.8. The van der Waals surface area contributed by atoms with Crippen molar-refractivity contribution in [3.8, 4) is 11.8 Å². The summed E-state index contributed by atoms with van der Waals surface area (Å²) in [7, 11) is 0. The molecule has 1 unspecified atom stereocenters. The normalized spacial score (nSPS) is 11.4. The second kappa shape index (κ2) is 7.27. The topological polar surface area (TPSA) is 88.1 Å². The molecule has 1 atom stereocenters. The third kappa shape index (κ3) is 4.88. The highest BCUT2D eigenvalue weighted by atomic mass is 16.5. The maximum absolute atomic E-state index is 11.6. The van der Waals surface area contributed by atoms with Gasteiger partial charge < -0.3 is 15.8 Å². The molecule has 0 saturated carbocycles. The minimum atomic E-state index is -0.193. The number of carbonyl (C=O) groups excluding carboxylic acids is 1. The van der Waals surface area contributed by atoms with Gasteiger partial charge in [-0.05, 0) is 31.5 Å². The Morgan fingerprint density at radius 2 is 2.32 bits per heavy atom. The van der Waals surface area contributed by atoms with E-state index in [0.717, 1.165) is 12.8 Å². The first-order valence-corrected chi connectivity index (χ1v) is 6.28. The highest BCUT2D eigenvalue weighted by molar-refractivity contribution is 5.77.